The van der Waals surface area contributed by atoms with Crippen LogP contribution >= 0.6 is 0 Å². The number of aryl methyl sites for hydroxylation is 2. The van der Waals surface area contributed by atoms with Crippen LogP contribution in [0.2, 0.25) is 0 Å². The van der Waals surface area contributed by atoms with Crippen molar-refractivity contribution in [1.82, 2.24) is 10.2 Å². The molecule has 3 aliphatic rings. The standard InChI is InChI=1S/C38H47N3O7/c1-6-8-15-30(43)39-26(5)33(27-13-10-9-11-14-27)47-37(46)31-29-18-19-38(48-29)32(31)35(44)41(21-12-22-42)34(38)36(45)40(20-7-2)28-23-24(3)16-17-25(28)4/h6-7,9-11,13-14,16-17,23,26,29,31-34,42H,1-2,8,12,15,18-22H2,3-5H3,(H,39,43)/t26-,29+,31-,32-,33-,34+,38-/m1/s1. The molecule has 3 saturated heterocycles. The number of allylic oxidation sites excluding steroid dienone is 1. The van der Waals surface area contributed by atoms with E-state index in [1.54, 1.807) is 24.0 Å². The molecule has 2 N–H and O–H groups in total. The number of benzene rings is 2. The molecule has 10 heteroatoms. The Bertz CT molecular complexity index is 1540. The number of amides is 3. The van der Waals surface area contributed by atoms with Crippen LogP contribution in [0.5, 0.6) is 0 Å². The Kier molecular flexibility index (Phi) is 10.9. The van der Waals surface area contributed by atoms with Crippen molar-refractivity contribution in [1.29, 1.82) is 0 Å². The quantitative estimate of drug-likeness (QED) is 0.216. The molecule has 2 aromatic rings. The van der Waals surface area contributed by atoms with E-state index < -0.39 is 47.7 Å². The summed E-state index contributed by atoms with van der Waals surface area (Å²) in [6.45, 7) is 13.4. The molecule has 0 unspecified atom stereocenters. The molecule has 0 aromatic heterocycles. The van der Waals surface area contributed by atoms with Gasteiger partial charge >= 0.3 is 5.97 Å². The van der Waals surface area contributed by atoms with Crippen molar-refractivity contribution in [3.8, 4) is 0 Å². The second-order valence-electron chi connectivity index (χ2n) is 13.1. The molecule has 0 radical (unpaired) electrons. The zero-order chi connectivity index (χ0) is 34.6. The van der Waals surface area contributed by atoms with E-state index in [0.29, 0.717) is 30.5 Å². The predicted molar refractivity (Wildman–Crippen MR) is 182 cm³/mol. The number of nitrogens with one attached hydrogen (secondary N) is 1. The SMILES string of the molecule is C=CCCC(=O)N[C@H](C)[C@@H](OC(=O)[C@@H]1[C@@H]2CC[C@]3(O2)[C@H](C(=O)N(CC=C)c2cc(C)ccc2C)N(CCCO)C(=O)[C@@H]13)c1ccccc1. The first-order chi connectivity index (χ1) is 23.1. The number of likely N-dealkylation sites (tertiary alicyclic amines) is 1. The smallest absolute Gasteiger partial charge is 0.313 e. The molecule has 3 fully saturated rings. The number of hydrogen-bond donors (Lipinski definition) is 2. The summed E-state index contributed by atoms with van der Waals surface area (Å²) >= 11 is 0. The van der Waals surface area contributed by atoms with E-state index in [1.165, 1.54) is 4.90 Å². The van der Waals surface area contributed by atoms with Crippen LogP contribution in [0.1, 0.15) is 61.8 Å². The number of fused-ring (bicyclic) bond motifs is 1. The number of ether oxygens (including phenoxy) is 2. The molecule has 2 aromatic carbocycles. The highest BCUT2D eigenvalue weighted by molar-refractivity contribution is 6.05. The second kappa shape index (κ2) is 14.9. The zero-order valence-electron chi connectivity index (χ0n) is 28.1. The number of carbonyl (C=O) groups is 4. The van der Waals surface area contributed by atoms with Gasteiger partial charge in [0, 0.05) is 31.8 Å². The number of esters is 1. The summed E-state index contributed by atoms with van der Waals surface area (Å²) in [5, 5.41) is 12.7. The number of aliphatic hydroxyl groups is 1. The van der Waals surface area contributed by atoms with E-state index in [-0.39, 0.29) is 50.3 Å². The predicted octanol–water partition coefficient (Wildman–Crippen LogP) is 4.33. The van der Waals surface area contributed by atoms with Gasteiger partial charge in [-0.05, 0) is 69.2 Å². The molecular formula is C38H47N3O7. The minimum atomic E-state index is -1.23. The second-order valence-corrected chi connectivity index (χ2v) is 13.1. The Hall–Kier alpha value is -4.28. The molecule has 0 saturated carbocycles. The van der Waals surface area contributed by atoms with E-state index in [0.717, 1.165) is 11.1 Å². The van der Waals surface area contributed by atoms with Gasteiger partial charge in [-0.1, -0.05) is 54.6 Å². The topological polar surface area (TPSA) is 125 Å². The van der Waals surface area contributed by atoms with Crippen molar-refractivity contribution in [2.24, 2.45) is 11.8 Å². The Balaban J connectivity index is 1.48. The van der Waals surface area contributed by atoms with Gasteiger partial charge in [-0.15, -0.1) is 13.2 Å². The van der Waals surface area contributed by atoms with Crippen molar-refractivity contribution in [2.75, 3.05) is 24.6 Å². The molecule has 0 aliphatic carbocycles. The summed E-state index contributed by atoms with van der Waals surface area (Å²) in [5.41, 5.74) is 2.06. The largest absolute Gasteiger partial charge is 0.455 e. The molecule has 48 heavy (non-hydrogen) atoms. The van der Waals surface area contributed by atoms with Gasteiger partial charge in [-0.3, -0.25) is 19.2 Å². The van der Waals surface area contributed by atoms with Crippen LogP contribution in [-0.4, -0.2) is 77.2 Å². The van der Waals surface area contributed by atoms with E-state index >= 15 is 0 Å². The summed E-state index contributed by atoms with van der Waals surface area (Å²) in [6.07, 6.45) is 3.83. The monoisotopic (exact) mass is 657 g/mol. The zero-order valence-corrected chi connectivity index (χ0v) is 28.1. The Labute approximate surface area is 282 Å². The third-order valence-corrected chi connectivity index (χ3v) is 9.89. The molecule has 3 heterocycles. The van der Waals surface area contributed by atoms with Crippen molar-refractivity contribution in [2.45, 2.75) is 82.8 Å². The minimum Gasteiger partial charge on any atom is -0.455 e. The van der Waals surface area contributed by atoms with Gasteiger partial charge in [0.2, 0.25) is 11.8 Å². The molecule has 10 nitrogen and oxygen atoms in total. The summed E-state index contributed by atoms with van der Waals surface area (Å²) in [4.78, 5) is 59.1. The fourth-order valence-corrected chi connectivity index (χ4v) is 7.72. The van der Waals surface area contributed by atoms with Gasteiger partial charge in [0.25, 0.3) is 5.91 Å². The van der Waals surface area contributed by atoms with Crippen LogP contribution in [0, 0.1) is 25.7 Å². The van der Waals surface area contributed by atoms with Crippen LogP contribution < -0.4 is 10.2 Å². The van der Waals surface area contributed by atoms with Gasteiger partial charge in [0.05, 0.1) is 24.0 Å². The van der Waals surface area contributed by atoms with Gasteiger partial charge in [0.15, 0.2) is 0 Å². The van der Waals surface area contributed by atoms with Crippen molar-refractivity contribution in [3.05, 3.63) is 90.5 Å². The van der Waals surface area contributed by atoms with E-state index in [2.05, 4.69) is 18.5 Å². The fourth-order valence-electron chi connectivity index (χ4n) is 7.72. The normalized spacial score (nSPS) is 25.2. The Morgan fingerprint density at radius 2 is 1.92 bits per heavy atom. The highest BCUT2D eigenvalue weighted by atomic mass is 16.6. The minimum absolute atomic E-state index is 0.134. The third-order valence-electron chi connectivity index (χ3n) is 9.89. The van der Waals surface area contributed by atoms with Crippen molar-refractivity contribution in [3.63, 3.8) is 0 Å². The lowest BCUT2D eigenvalue weighted by atomic mass is 9.70. The first-order valence-electron chi connectivity index (χ1n) is 16.8. The lowest BCUT2D eigenvalue weighted by molar-refractivity contribution is -0.162. The summed E-state index contributed by atoms with van der Waals surface area (Å²) in [7, 11) is 0. The van der Waals surface area contributed by atoms with E-state index in [9.17, 15) is 24.3 Å². The average molecular weight is 658 g/mol. The molecule has 3 aliphatic heterocycles. The maximum Gasteiger partial charge on any atom is 0.313 e. The lowest BCUT2D eigenvalue weighted by Crippen LogP contribution is -2.56. The summed E-state index contributed by atoms with van der Waals surface area (Å²) in [5.74, 6) is -3.34. The van der Waals surface area contributed by atoms with E-state index in [4.69, 9.17) is 9.47 Å². The van der Waals surface area contributed by atoms with Crippen LogP contribution in [0.3, 0.4) is 0 Å². The van der Waals surface area contributed by atoms with Gasteiger partial charge in [-0.2, -0.15) is 0 Å². The van der Waals surface area contributed by atoms with Crippen LogP contribution in [0.4, 0.5) is 5.69 Å². The number of anilines is 1. The number of nitrogens with zero attached hydrogens (tertiary/aromatic N) is 2. The van der Waals surface area contributed by atoms with E-state index in [1.807, 2.05) is 62.4 Å². The first kappa shape index (κ1) is 35.0. The summed E-state index contributed by atoms with van der Waals surface area (Å²) < 4.78 is 12.8. The van der Waals surface area contributed by atoms with Crippen molar-refractivity contribution >= 4 is 29.4 Å². The summed E-state index contributed by atoms with van der Waals surface area (Å²) in [6, 6.07) is 13.5. The fraction of sp³-hybridized carbons (Fsp3) is 0.474. The molecule has 7 atom stereocenters. The highest BCUT2D eigenvalue weighted by Crippen LogP contribution is 2.59. The lowest BCUT2D eigenvalue weighted by Gasteiger charge is -2.37. The number of hydrogen-bond acceptors (Lipinski definition) is 7. The number of aliphatic hydroxyl groups excluding tert-OH is 1. The Morgan fingerprint density at radius 1 is 1.17 bits per heavy atom. The molecular weight excluding hydrogens is 610 g/mol. The average Bonchev–Trinajstić information content (AvgIpc) is 3.72. The Morgan fingerprint density at radius 3 is 2.60 bits per heavy atom. The van der Waals surface area contributed by atoms with Crippen LogP contribution in [-0.2, 0) is 28.7 Å². The van der Waals surface area contributed by atoms with Crippen molar-refractivity contribution < 1.29 is 33.8 Å². The van der Waals surface area contributed by atoms with Crippen LogP contribution in [0.15, 0.2) is 73.8 Å². The highest BCUT2D eigenvalue weighted by Gasteiger charge is 2.75. The maximum atomic E-state index is 14.7. The first-order valence-corrected chi connectivity index (χ1v) is 16.8. The van der Waals surface area contributed by atoms with Gasteiger partial charge in [-0.25, -0.2) is 0 Å². The third kappa shape index (κ3) is 6.56. The molecule has 3 amide bonds. The maximum absolute atomic E-state index is 14.7. The number of rotatable bonds is 15. The molecule has 1 spiro atoms. The van der Waals surface area contributed by atoms with Gasteiger partial charge < -0.3 is 29.7 Å². The molecule has 256 valence electrons. The molecule has 2 bridgehead atoms. The van der Waals surface area contributed by atoms with Crippen LogP contribution in [0.25, 0.3) is 0 Å². The number of carbonyl (C=O) groups excluding carboxylic acids is 4. The van der Waals surface area contributed by atoms with Gasteiger partial charge in [0.1, 0.15) is 17.7 Å². The molecule has 5 rings (SSSR count).